The van der Waals surface area contributed by atoms with Crippen molar-refractivity contribution in [3.63, 3.8) is 0 Å². The van der Waals surface area contributed by atoms with Crippen molar-refractivity contribution in [2.75, 3.05) is 19.8 Å². The molecule has 0 amide bonds. The summed E-state index contributed by atoms with van der Waals surface area (Å²) >= 11 is 0. The van der Waals surface area contributed by atoms with Crippen molar-refractivity contribution in [1.29, 1.82) is 0 Å². The summed E-state index contributed by atoms with van der Waals surface area (Å²) in [7, 11) is -55.8. The van der Waals surface area contributed by atoms with Crippen LogP contribution in [0.5, 0.6) is 0 Å². The predicted octanol–water partition coefficient (Wildman–Crippen LogP) is -7.32. The van der Waals surface area contributed by atoms with Crippen LogP contribution in [0.25, 0.3) is 0 Å². The van der Waals surface area contributed by atoms with Gasteiger partial charge in [0.15, 0.2) is 12.4 Å². The highest BCUT2D eigenvalue weighted by atomic mass is 32.3. The van der Waals surface area contributed by atoms with Crippen LogP contribution in [0.15, 0.2) is 0 Å². The quantitative estimate of drug-likeness (QED) is 0.0363. The Kier molecular flexibility index (Phi) is 19.0. The average molecular weight is 1060 g/mol. The lowest BCUT2D eigenvalue weighted by Gasteiger charge is -2.45. The van der Waals surface area contributed by atoms with Gasteiger partial charge in [-0.1, -0.05) is 0 Å². The molecule has 1 aliphatic heterocycles. The van der Waals surface area contributed by atoms with Crippen molar-refractivity contribution in [2.24, 2.45) is 0 Å². The summed E-state index contributed by atoms with van der Waals surface area (Å²) in [5.41, 5.74) is 0. The SMILES string of the molecule is O=S(=O)(O)OC[C@H](OS(=O)(=O)O)[C@@H](O[C@@H]1O[C@H](COS(=O)(=O)O)[C@H](OS(=O)(=O)O)[C@@H](OS(=O)(=O)O)[C@@H]1OS(=O)(=O)O)[C@@H](OS(=O)(=O)O)[C@@H](COS(=O)(=O)O)OS(=O)(=O)O. The smallest absolute Gasteiger partial charge is 0.341 e. The molecule has 0 saturated carbocycles. The Labute approximate surface area is 331 Å². The van der Waals surface area contributed by atoms with Crippen LogP contribution < -0.4 is 0 Å². The minimum Gasteiger partial charge on any atom is -0.341 e. The summed E-state index contributed by atoms with van der Waals surface area (Å²) < 4.78 is 338. The maximum absolute atomic E-state index is 12.0. The maximum Gasteiger partial charge on any atom is 0.397 e. The van der Waals surface area contributed by atoms with E-state index in [9.17, 15) is 103 Å². The van der Waals surface area contributed by atoms with E-state index in [0.717, 1.165) is 0 Å². The van der Waals surface area contributed by atoms with Crippen molar-refractivity contribution in [3.05, 3.63) is 0 Å². The summed E-state index contributed by atoms with van der Waals surface area (Å²) in [6.45, 7) is -6.81. The summed E-state index contributed by atoms with van der Waals surface area (Å²) in [5, 5.41) is 0. The zero-order valence-electron chi connectivity index (χ0n) is 26.9. The zero-order valence-corrected chi connectivity index (χ0v) is 34.2. The maximum atomic E-state index is 12.0. The molecule has 1 saturated heterocycles. The van der Waals surface area contributed by atoms with E-state index in [-0.39, 0.29) is 0 Å². The van der Waals surface area contributed by atoms with Crippen LogP contribution in [0.3, 0.4) is 0 Å². The van der Waals surface area contributed by atoms with Gasteiger partial charge < -0.3 is 9.47 Å². The molecule has 38 nitrogen and oxygen atoms in total. The molecular weight excluding hydrogens is 1040 g/mol. The molecule has 0 aromatic rings. The van der Waals surface area contributed by atoms with Gasteiger partial charge in [0, 0.05) is 0 Å². The van der Waals surface area contributed by atoms with E-state index < -0.39 is 169 Å². The van der Waals surface area contributed by atoms with Gasteiger partial charge in [-0.2, -0.15) is 75.8 Å². The van der Waals surface area contributed by atoms with Crippen LogP contribution in [-0.4, -0.2) is 192 Å². The molecule has 354 valence electrons. The molecular formula is C12H24O38S9. The first kappa shape index (κ1) is 55.8. The molecule has 9 N–H and O–H groups in total. The van der Waals surface area contributed by atoms with E-state index in [0.29, 0.717) is 0 Å². The number of ether oxygens (including phenoxy) is 2. The largest absolute Gasteiger partial charge is 0.397 e. The Morgan fingerprint density at radius 2 is 0.729 bits per heavy atom. The molecule has 0 aliphatic carbocycles. The van der Waals surface area contributed by atoms with Crippen LogP contribution in [0.1, 0.15) is 0 Å². The highest BCUT2D eigenvalue weighted by molar-refractivity contribution is 7.82. The first-order valence-corrected chi connectivity index (χ1v) is 25.2. The lowest BCUT2D eigenvalue weighted by molar-refractivity contribution is -0.313. The molecule has 1 fully saturated rings. The van der Waals surface area contributed by atoms with Gasteiger partial charge in [0.05, 0.1) is 19.8 Å². The normalized spacial score (nSPS) is 24.3. The van der Waals surface area contributed by atoms with Gasteiger partial charge >= 0.3 is 93.6 Å². The van der Waals surface area contributed by atoms with Crippen molar-refractivity contribution in [2.45, 2.75) is 55.1 Å². The van der Waals surface area contributed by atoms with E-state index >= 15 is 0 Å². The van der Waals surface area contributed by atoms with Gasteiger partial charge in [-0.25, -0.2) is 37.6 Å². The molecule has 0 aromatic carbocycles. The third kappa shape index (κ3) is 24.8. The fraction of sp³-hybridized carbons (Fsp3) is 1.00. The van der Waals surface area contributed by atoms with Gasteiger partial charge in [0.2, 0.25) is 0 Å². The van der Waals surface area contributed by atoms with Crippen molar-refractivity contribution in [3.8, 4) is 0 Å². The third-order valence-electron chi connectivity index (χ3n) is 5.50. The highest BCUT2D eigenvalue weighted by Crippen LogP contribution is 2.35. The molecule has 1 rings (SSSR count). The van der Waals surface area contributed by atoms with Gasteiger partial charge in [-0.15, -0.1) is 0 Å². The summed E-state index contributed by atoms with van der Waals surface area (Å²) in [5.74, 6) is 0. The van der Waals surface area contributed by atoms with E-state index in [4.69, 9.17) is 23.1 Å². The van der Waals surface area contributed by atoms with Gasteiger partial charge in [0.25, 0.3) is 0 Å². The lowest BCUT2D eigenvalue weighted by Crippen LogP contribution is -2.65. The van der Waals surface area contributed by atoms with Gasteiger partial charge in [0.1, 0.15) is 42.7 Å². The van der Waals surface area contributed by atoms with Crippen molar-refractivity contribution in [1.82, 2.24) is 0 Å². The van der Waals surface area contributed by atoms with Gasteiger partial charge in [-0.3, -0.25) is 41.0 Å². The Morgan fingerprint density at radius 1 is 0.390 bits per heavy atom. The molecule has 0 unspecified atom stereocenters. The first-order valence-electron chi connectivity index (χ1n) is 12.9. The Bertz CT molecular complexity index is 2470. The van der Waals surface area contributed by atoms with Crippen LogP contribution in [0.2, 0.25) is 0 Å². The second-order valence-electron chi connectivity index (χ2n) is 9.86. The van der Waals surface area contributed by atoms with Crippen LogP contribution in [-0.2, 0) is 141 Å². The zero-order chi connectivity index (χ0) is 46.6. The summed E-state index contributed by atoms with van der Waals surface area (Å²) in [6.07, 6.45) is -32.0. The molecule has 0 radical (unpaired) electrons. The minimum absolute atomic E-state index is 2.08. The standard InChI is InChI=1S/C12H24O38S9/c13-51(14,15)40-1-4-8(47-56(28,29)30)10(49-58(34,35)36)11(50-59(37,38)39)12(43-4)44-7(5(45-54(22,23)24)2-41-52(16,17)18)9(48-57(31,32)33)6(46-55(25,26)27)3-42-53(19,20)21/h4-12H,1-3H2,(H,13,14,15)(H,16,17,18)(H,19,20,21)(H,22,23,24)(H,25,26,27)(H,28,29,30)(H,31,32,33)(H,34,35,36)(H,37,38,39)/t4-,5+,6-,7-,8+,9+,10-,11+,12+/m1/s1. The molecule has 9 atom stereocenters. The molecule has 0 bridgehead atoms. The van der Waals surface area contributed by atoms with E-state index in [1.54, 1.807) is 0 Å². The second kappa shape index (κ2) is 20.1. The predicted molar refractivity (Wildman–Crippen MR) is 165 cm³/mol. The Morgan fingerprint density at radius 3 is 1.07 bits per heavy atom. The number of rotatable bonds is 26. The summed E-state index contributed by atoms with van der Waals surface area (Å²) in [4.78, 5) is 0. The van der Waals surface area contributed by atoms with Crippen LogP contribution in [0, 0.1) is 0 Å². The molecule has 0 spiro atoms. The molecule has 47 heteroatoms. The second-order valence-corrected chi connectivity index (χ2v) is 19.4. The Balaban J connectivity index is 4.57. The van der Waals surface area contributed by atoms with E-state index in [1.165, 1.54) is 0 Å². The van der Waals surface area contributed by atoms with Gasteiger partial charge in [-0.05, 0) is 0 Å². The van der Waals surface area contributed by atoms with Crippen LogP contribution >= 0.6 is 0 Å². The van der Waals surface area contributed by atoms with E-state index in [1.807, 2.05) is 0 Å². The molecule has 0 aromatic heterocycles. The first-order chi connectivity index (χ1) is 25.8. The number of hydrogen-bond donors (Lipinski definition) is 9. The lowest BCUT2D eigenvalue weighted by atomic mass is 9.98. The number of hydrogen-bond acceptors (Lipinski definition) is 29. The van der Waals surface area contributed by atoms with Crippen molar-refractivity contribution < 1.29 is 164 Å². The minimum atomic E-state index is -6.48. The molecule has 1 heterocycles. The average Bonchev–Trinajstić information content (AvgIpc) is 2.92. The highest BCUT2D eigenvalue weighted by Gasteiger charge is 2.57. The fourth-order valence-corrected chi connectivity index (χ4v) is 7.88. The molecule has 59 heavy (non-hydrogen) atoms. The monoisotopic (exact) mass is 1060 g/mol. The van der Waals surface area contributed by atoms with Crippen LogP contribution in [0.4, 0.5) is 0 Å². The fourth-order valence-electron chi connectivity index (χ4n) is 4.00. The third-order valence-corrected chi connectivity index (χ3v) is 9.65. The summed E-state index contributed by atoms with van der Waals surface area (Å²) in [6, 6.07) is 0. The molecule has 1 aliphatic rings. The van der Waals surface area contributed by atoms with Crippen molar-refractivity contribution >= 4 is 93.6 Å². The topological polar surface area (TPSA) is 591 Å². The van der Waals surface area contributed by atoms with E-state index in [2.05, 4.69) is 37.6 Å². The Hall–Kier alpha value is -1.25.